The van der Waals surface area contributed by atoms with Crippen molar-refractivity contribution in [1.29, 1.82) is 5.26 Å². The summed E-state index contributed by atoms with van der Waals surface area (Å²) in [6.45, 7) is 1.99. The van der Waals surface area contributed by atoms with Crippen molar-refractivity contribution in [3.8, 4) is 27.8 Å². The largest absolute Gasteiger partial charge is 0.299 e. The number of nitriles is 1. The van der Waals surface area contributed by atoms with Crippen molar-refractivity contribution in [2.45, 2.75) is 25.7 Å². The highest BCUT2D eigenvalue weighted by atomic mass is 32.1. The minimum atomic E-state index is 0.500. The number of thiazole rings is 1. The van der Waals surface area contributed by atoms with Crippen LogP contribution in [0.15, 0.2) is 36.7 Å². The zero-order chi connectivity index (χ0) is 19.8. The number of anilines is 2. The van der Waals surface area contributed by atoms with Gasteiger partial charge in [-0.1, -0.05) is 23.5 Å². The van der Waals surface area contributed by atoms with Crippen LogP contribution in [0.2, 0.25) is 0 Å². The van der Waals surface area contributed by atoms with Crippen molar-refractivity contribution in [2.24, 2.45) is 0 Å². The van der Waals surface area contributed by atoms with Gasteiger partial charge in [-0.3, -0.25) is 10.4 Å². The highest BCUT2D eigenvalue weighted by molar-refractivity contribution is 7.19. The molecule has 0 spiro atoms. The van der Waals surface area contributed by atoms with Crippen LogP contribution in [0, 0.1) is 18.3 Å². The molecule has 9 heteroatoms. The first-order valence-corrected chi connectivity index (χ1v) is 10.0. The summed E-state index contributed by atoms with van der Waals surface area (Å²) in [4.78, 5) is 10.3. The molecule has 1 aromatic carbocycles. The van der Waals surface area contributed by atoms with Crippen LogP contribution in [0.5, 0.6) is 0 Å². The van der Waals surface area contributed by atoms with E-state index in [0.717, 1.165) is 45.9 Å². The Bertz CT molecular complexity index is 1230. The van der Waals surface area contributed by atoms with E-state index >= 15 is 0 Å². The molecule has 0 atom stereocenters. The first-order chi connectivity index (χ1) is 14.2. The molecule has 3 heterocycles. The zero-order valence-electron chi connectivity index (χ0n) is 15.5. The van der Waals surface area contributed by atoms with E-state index < -0.39 is 0 Å². The number of rotatable bonds is 5. The SMILES string of the molecule is Cc1cnncc1-c1sc(Nc2n[nH]c(C3CC3)n2)nc1-c1cccc(C#N)c1. The Labute approximate surface area is 170 Å². The normalized spacial score (nSPS) is 13.2. The van der Waals surface area contributed by atoms with Gasteiger partial charge in [0.05, 0.1) is 34.6 Å². The van der Waals surface area contributed by atoms with E-state index in [9.17, 15) is 5.26 Å². The van der Waals surface area contributed by atoms with E-state index in [1.807, 2.05) is 25.1 Å². The van der Waals surface area contributed by atoms with Crippen LogP contribution in [0.3, 0.4) is 0 Å². The third kappa shape index (κ3) is 3.46. The molecule has 3 aromatic heterocycles. The van der Waals surface area contributed by atoms with Gasteiger partial charge in [-0.25, -0.2) is 4.98 Å². The standard InChI is InChI=1S/C20H16N8S/c1-11-9-22-23-10-15(11)17-16(14-4-2-3-12(7-14)8-21)24-20(29-17)26-19-25-18(27-28-19)13-5-6-13/h2-4,7,9-10,13H,5-6H2,1H3,(H2,24,25,26,27,28). The van der Waals surface area contributed by atoms with Gasteiger partial charge < -0.3 is 0 Å². The molecule has 29 heavy (non-hydrogen) atoms. The lowest BCUT2D eigenvalue weighted by molar-refractivity contribution is 0.935. The fourth-order valence-corrected chi connectivity index (χ4v) is 4.13. The maximum Gasteiger partial charge on any atom is 0.248 e. The van der Waals surface area contributed by atoms with E-state index in [-0.39, 0.29) is 0 Å². The summed E-state index contributed by atoms with van der Waals surface area (Å²) < 4.78 is 0. The van der Waals surface area contributed by atoms with Crippen molar-refractivity contribution in [1.82, 2.24) is 30.4 Å². The first-order valence-electron chi connectivity index (χ1n) is 9.19. The van der Waals surface area contributed by atoms with E-state index in [1.165, 1.54) is 11.3 Å². The Hall–Kier alpha value is -3.64. The molecule has 1 fully saturated rings. The third-order valence-electron chi connectivity index (χ3n) is 4.75. The van der Waals surface area contributed by atoms with Crippen LogP contribution in [-0.2, 0) is 0 Å². The minimum Gasteiger partial charge on any atom is -0.299 e. The van der Waals surface area contributed by atoms with Crippen LogP contribution in [0.4, 0.5) is 11.1 Å². The molecule has 0 saturated heterocycles. The number of H-pyrrole nitrogens is 1. The number of hydrogen-bond acceptors (Lipinski definition) is 8. The fraction of sp³-hybridized carbons (Fsp3) is 0.200. The lowest BCUT2D eigenvalue weighted by Gasteiger charge is -2.05. The fourth-order valence-electron chi connectivity index (χ4n) is 3.07. The van der Waals surface area contributed by atoms with Crippen molar-refractivity contribution >= 4 is 22.4 Å². The van der Waals surface area contributed by atoms with Gasteiger partial charge in [0.2, 0.25) is 5.95 Å². The van der Waals surface area contributed by atoms with Crippen LogP contribution in [0.25, 0.3) is 21.7 Å². The Morgan fingerprint density at radius 2 is 2.07 bits per heavy atom. The third-order valence-corrected chi connectivity index (χ3v) is 5.76. The molecular weight excluding hydrogens is 384 g/mol. The van der Waals surface area contributed by atoms with Gasteiger partial charge in [0.25, 0.3) is 0 Å². The number of aromatic amines is 1. The first kappa shape index (κ1) is 17.5. The molecule has 1 aliphatic rings. The molecule has 1 saturated carbocycles. The average Bonchev–Trinajstić information content (AvgIpc) is 3.35. The van der Waals surface area contributed by atoms with Crippen molar-refractivity contribution < 1.29 is 0 Å². The second-order valence-electron chi connectivity index (χ2n) is 6.92. The molecule has 0 aliphatic heterocycles. The molecule has 4 aromatic rings. The van der Waals surface area contributed by atoms with E-state index in [0.29, 0.717) is 22.6 Å². The van der Waals surface area contributed by atoms with Gasteiger partial charge in [-0.15, -0.1) is 5.10 Å². The Morgan fingerprint density at radius 1 is 1.21 bits per heavy atom. The minimum absolute atomic E-state index is 0.500. The van der Waals surface area contributed by atoms with Gasteiger partial charge in [0.15, 0.2) is 5.13 Å². The van der Waals surface area contributed by atoms with Gasteiger partial charge in [0, 0.05) is 17.0 Å². The topological polar surface area (TPSA) is 116 Å². The molecule has 142 valence electrons. The molecule has 1 aliphatic carbocycles. The summed E-state index contributed by atoms with van der Waals surface area (Å²) in [5.41, 5.74) is 4.19. The maximum atomic E-state index is 9.27. The zero-order valence-corrected chi connectivity index (χ0v) is 16.4. The van der Waals surface area contributed by atoms with Gasteiger partial charge in [0.1, 0.15) is 5.82 Å². The highest BCUT2D eigenvalue weighted by Crippen LogP contribution is 2.41. The van der Waals surface area contributed by atoms with Gasteiger partial charge >= 0.3 is 0 Å². The van der Waals surface area contributed by atoms with Crippen LogP contribution < -0.4 is 5.32 Å². The highest BCUT2D eigenvalue weighted by Gasteiger charge is 2.27. The number of aromatic nitrogens is 6. The molecule has 0 amide bonds. The second-order valence-corrected chi connectivity index (χ2v) is 7.92. The van der Waals surface area contributed by atoms with Crippen molar-refractivity contribution in [3.05, 3.63) is 53.6 Å². The maximum absolute atomic E-state index is 9.27. The van der Waals surface area contributed by atoms with Crippen molar-refractivity contribution in [3.63, 3.8) is 0 Å². The number of nitrogens with zero attached hydrogens (tertiary/aromatic N) is 6. The molecule has 2 N–H and O–H groups in total. The second kappa shape index (κ2) is 7.07. The number of aryl methyl sites for hydroxylation is 1. The Morgan fingerprint density at radius 3 is 2.86 bits per heavy atom. The Kier molecular flexibility index (Phi) is 4.26. The predicted molar refractivity (Wildman–Crippen MR) is 110 cm³/mol. The summed E-state index contributed by atoms with van der Waals surface area (Å²) in [7, 11) is 0. The van der Waals surface area contributed by atoms with Crippen molar-refractivity contribution in [2.75, 3.05) is 5.32 Å². The number of nitrogens with one attached hydrogen (secondary N) is 2. The molecule has 8 nitrogen and oxygen atoms in total. The molecular formula is C20H16N8S. The van der Waals surface area contributed by atoms with E-state index in [1.54, 1.807) is 18.5 Å². The molecule has 0 bridgehead atoms. The van der Waals surface area contributed by atoms with Crippen LogP contribution in [0.1, 0.15) is 35.7 Å². The van der Waals surface area contributed by atoms with Crippen LogP contribution >= 0.6 is 11.3 Å². The monoisotopic (exact) mass is 400 g/mol. The molecule has 5 rings (SSSR count). The summed E-state index contributed by atoms with van der Waals surface area (Å²) >= 11 is 1.50. The number of benzene rings is 1. The number of hydrogen-bond donors (Lipinski definition) is 2. The lowest BCUT2D eigenvalue weighted by Crippen LogP contribution is -1.92. The quantitative estimate of drug-likeness (QED) is 0.516. The molecule has 0 unspecified atom stereocenters. The lowest BCUT2D eigenvalue weighted by atomic mass is 10.0. The van der Waals surface area contributed by atoms with Gasteiger partial charge in [-0.2, -0.15) is 20.4 Å². The average molecular weight is 400 g/mol. The molecule has 0 radical (unpaired) electrons. The predicted octanol–water partition coefficient (Wildman–Crippen LogP) is 4.19. The van der Waals surface area contributed by atoms with E-state index in [2.05, 4.69) is 36.8 Å². The Balaban J connectivity index is 1.57. The summed E-state index contributed by atoms with van der Waals surface area (Å²) in [6, 6.07) is 9.61. The summed E-state index contributed by atoms with van der Waals surface area (Å²) in [5.74, 6) is 1.93. The van der Waals surface area contributed by atoms with Crippen LogP contribution in [-0.4, -0.2) is 30.4 Å². The smallest absolute Gasteiger partial charge is 0.248 e. The van der Waals surface area contributed by atoms with Gasteiger partial charge in [-0.05, 0) is 37.5 Å². The summed E-state index contributed by atoms with van der Waals surface area (Å²) in [6.07, 6.45) is 5.78. The van der Waals surface area contributed by atoms with E-state index in [4.69, 9.17) is 4.98 Å². The summed E-state index contributed by atoms with van der Waals surface area (Å²) in [5, 5.41) is 28.4.